The van der Waals surface area contributed by atoms with Gasteiger partial charge in [0.25, 0.3) is 5.91 Å². The Morgan fingerprint density at radius 3 is 3.25 bits per heavy atom. The van der Waals surface area contributed by atoms with Crippen molar-refractivity contribution in [2.75, 3.05) is 26.3 Å². The van der Waals surface area contributed by atoms with Crippen LogP contribution in [0.15, 0.2) is 41.4 Å². The number of rotatable bonds is 3. The van der Waals surface area contributed by atoms with Gasteiger partial charge in [0, 0.05) is 36.1 Å². The molecule has 0 aliphatic carbocycles. The van der Waals surface area contributed by atoms with Crippen LogP contribution in [0.4, 0.5) is 0 Å². The molecule has 1 atom stereocenters. The molecule has 0 bridgehead atoms. The number of ether oxygens (including phenoxy) is 1. The number of nitrogens with one attached hydrogen (secondary N) is 1. The molecule has 0 radical (unpaired) electrons. The second kappa shape index (κ2) is 6.75. The molecule has 1 aliphatic rings. The number of hydrogen-bond acceptors (Lipinski definition) is 4. The molecule has 24 heavy (non-hydrogen) atoms. The molecule has 4 rings (SSSR count). The van der Waals surface area contributed by atoms with Crippen molar-refractivity contribution in [3.8, 4) is 0 Å². The van der Waals surface area contributed by atoms with Crippen LogP contribution >= 0.6 is 11.3 Å². The molecule has 3 aromatic rings. The lowest BCUT2D eigenvalue weighted by atomic mass is 9.98. The Balaban J connectivity index is 1.48. The number of thiazole rings is 1. The molecule has 0 spiro atoms. The lowest BCUT2D eigenvalue weighted by molar-refractivity contribution is 0.0732. The fraction of sp³-hybridized carbons (Fsp3) is 0.333. The van der Waals surface area contributed by atoms with Crippen LogP contribution in [-0.2, 0) is 11.2 Å². The number of carbonyl (C=O) groups is 1. The van der Waals surface area contributed by atoms with Crippen LogP contribution in [0.2, 0.25) is 0 Å². The van der Waals surface area contributed by atoms with Crippen molar-refractivity contribution in [2.24, 2.45) is 5.92 Å². The van der Waals surface area contributed by atoms with Crippen LogP contribution < -0.4 is 0 Å². The fourth-order valence-corrected chi connectivity index (χ4v) is 3.76. The Hall–Kier alpha value is -2.18. The Kier molecular flexibility index (Phi) is 4.32. The average Bonchev–Trinajstić information content (AvgIpc) is 3.23. The predicted octanol–water partition coefficient (Wildman–Crippen LogP) is 2.96. The lowest BCUT2D eigenvalue weighted by Gasteiger charge is -2.23. The van der Waals surface area contributed by atoms with E-state index >= 15 is 0 Å². The minimum absolute atomic E-state index is 0.00726. The molecule has 0 saturated carbocycles. The highest BCUT2D eigenvalue weighted by molar-refractivity contribution is 7.07. The van der Waals surface area contributed by atoms with E-state index in [1.807, 2.05) is 16.5 Å². The average molecular weight is 341 g/mol. The molecular weight excluding hydrogens is 322 g/mol. The van der Waals surface area contributed by atoms with Crippen LogP contribution in [-0.4, -0.2) is 47.1 Å². The molecule has 1 aromatic carbocycles. The van der Waals surface area contributed by atoms with E-state index in [-0.39, 0.29) is 5.91 Å². The zero-order valence-corrected chi connectivity index (χ0v) is 14.1. The van der Waals surface area contributed by atoms with Crippen LogP contribution in [0, 0.1) is 5.92 Å². The van der Waals surface area contributed by atoms with Gasteiger partial charge in [0.1, 0.15) is 5.69 Å². The summed E-state index contributed by atoms with van der Waals surface area (Å²) < 4.78 is 5.73. The SMILES string of the molecule is O=C(c1cscn1)N1CCOCC(Cc2ccc3[nH]ccc3c2)C1. The molecule has 6 heteroatoms. The Labute approximate surface area is 144 Å². The lowest BCUT2D eigenvalue weighted by Crippen LogP contribution is -2.36. The Bertz CT molecular complexity index is 828. The van der Waals surface area contributed by atoms with Crippen molar-refractivity contribution < 1.29 is 9.53 Å². The van der Waals surface area contributed by atoms with Gasteiger partial charge in [-0.3, -0.25) is 4.79 Å². The molecule has 3 heterocycles. The van der Waals surface area contributed by atoms with Crippen LogP contribution in [0.3, 0.4) is 0 Å². The minimum Gasteiger partial charge on any atom is -0.379 e. The molecule has 1 fully saturated rings. The molecule has 1 unspecified atom stereocenters. The van der Waals surface area contributed by atoms with Gasteiger partial charge in [0.2, 0.25) is 0 Å². The largest absolute Gasteiger partial charge is 0.379 e. The van der Waals surface area contributed by atoms with E-state index in [4.69, 9.17) is 4.74 Å². The van der Waals surface area contributed by atoms with Gasteiger partial charge >= 0.3 is 0 Å². The molecule has 5 nitrogen and oxygen atoms in total. The molecule has 1 amide bonds. The van der Waals surface area contributed by atoms with E-state index in [2.05, 4.69) is 34.2 Å². The molecule has 124 valence electrons. The second-order valence-electron chi connectivity index (χ2n) is 6.17. The summed E-state index contributed by atoms with van der Waals surface area (Å²) in [5.74, 6) is 0.305. The number of benzene rings is 1. The van der Waals surface area contributed by atoms with E-state index < -0.39 is 0 Å². The number of hydrogen-bond donors (Lipinski definition) is 1. The van der Waals surface area contributed by atoms with Crippen molar-refractivity contribution >= 4 is 28.1 Å². The topological polar surface area (TPSA) is 58.2 Å². The van der Waals surface area contributed by atoms with Gasteiger partial charge in [-0.15, -0.1) is 11.3 Å². The highest BCUT2D eigenvalue weighted by Gasteiger charge is 2.24. The summed E-state index contributed by atoms with van der Waals surface area (Å²) in [5, 5.41) is 3.03. The second-order valence-corrected chi connectivity index (χ2v) is 6.89. The van der Waals surface area contributed by atoms with E-state index in [0.717, 1.165) is 11.9 Å². The first-order valence-electron chi connectivity index (χ1n) is 8.11. The molecule has 2 aromatic heterocycles. The summed E-state index contributed by atoms with van der Waals surface area (Å²) in [6, 6.07) is 8.56. The summed E-state index contributed by atoms with van der Waals surface area (Å²) in [4.78, 5) is 21.8. The third kappa shape index (κ3) is 3.20. The number of H-pyrrole nitrogens is 1. The number of fused-ring (bicyclic) bond motifs is 1. The maximum atomic E-state index is 12.6. The predicted molar refractivity (Wildman–Crippen MR) is 94.3 cm³/mol. The number of aromatic nitrogens is 2. The van der Waals surface area contributed by atoms with Crippen molar-refractivity contribution in [3.05, 3.63) is 52.6 Å². The minimum atomic E-state index is 0.00726. The maximum Gasteiger partial charge on any atom is 0.273 e. The maximum absolute atomic E-state index is 12.6. The monoisotopic (exact) mass is 341 g/mol. The van der Waals surface area contributed by atoms with Gasteiger partial charge < -0.3 is 14.6 Å². The van der Waals surface area contributed by atoms with Crippen molar-refractivity contribution in [1.82, 2.24) is 14.9 Å². The first kappa shape index (κ1) is 15.4. The molecule has 1 saturated heterocycles. The summed E-state index contributed by atoms with van der Waals surface area (Å²) in [5.41, 5.74) is 4.66. The van der Waals surface area contributed by atoms with Gasteiger partial charge in [0.05, 0.1) is 18.7 Å². The zero-order chi connectivity index (χ0) is 16.4. The Morgan fingerprint density at radius 1 is 1.42 bits per heavy atom. The quantitative estimate of drug-likeness (QED) is 0.797. The summed E-state index contributed by atoms with van der Waals surface area (Å²) in [6.45, 7) is 2.61. The fourth-order valence-electron chi connectivity index (χ4n) is 3.23. The molecule has 1 N–H and O–H groups in total. The third-order valence-corrected chi connectivity index (χ3v) is 5.00. The number of carbonyl (C=O) groups excluding carboxylic acids is 1. The van der Waals surface area contributed by atoms with E-state index in [1.165, 1.54) is 22.3 Å². The summed E-state index contributed by atoms with van der Waals surface area (Å²) in [7, 11) is 0. The standard InChI is InChI=1S/C18H19N3O2S/c22-18(17-11-24-12-20-17)21-5-6-23-10-14(9-21)7-13-1-2-16-15(8-13)3-4-19-16/h1-4,8,11-12,14,19H,5-7,9-10H2. The van der Waals surface area contributed by atoms with Gasteiger partial charge in [-0.25, -0.2) is 4.98 Å². The van der Waals surface area contributed by atoms with Crippen molar-refractivity contribution in [1.29, 1.82) is 0 Å². The smallest absolute Gasteiger partial charge is 0.273 e. The Morgan fingerprint density at radius 2 is 2.38 bits per heavy atom. The van der Waals surface area contributed by atoms with Gasteiger partial charge in [0.15, 0.2) is 0 Å². The highest BCUT2D eigenvalue weighted by Crippen LogP contribution is 2.20. The third-order valence-electron chi connectivity index (χ3n) is 4.42. The summed E-state index contributed by atoms with van der Waals surface area (Å²) >= 11 is 1.45. The van der Waals surface area contributed by atoms with Gasteiger partial charge in [-0.1, -0.05) is 6.07 Å². The first-order chi connectivity index (χ1) is 11.8. The van der Waals surface area contributed by atoms with Gasteiger partial charge in [-0.05, 0) is 35.6 Å². The van der Waals surface area contributed by atoms with Crippen LogP contribution in [0.25, 0.3) is 10.9 Å². The van der Waals surface area contributed by atoms with Crippen LogP contribution in [0.1, 0.15) is 16.1 Å². The zero-order valence-electron chi connectivity index (χ0n) is 13.3. The number of nitrogens with zero attached hydrogens (tertiary/aromatic N) is 2. The number of aromatic amines is 1. The van der Waals surface area contributed by atoms with Gasteiger partial charge in [-0.2, -0.15) is 0 Å². The van der Waals surface area contributed by atoms with Crippen molar-refractivity contribution in [3.63, 3.8) is 0 Å². The normalized spacial score (nSPS) is 18.7. The molecular formula is C18H19N3O2S. The van der Waals surface area contributed by atoms with Crippen LogP contribution in [0.5, 0.6) is 0 Å². The van der Waals surface area contributed by atoms with E-state index in [1.54, 1.807) is 5.51 Å². The molecule has 1 aliphatic heterocycles. The number of amides is 1. The first-order valence-corrected chi connectivity index (χ1v) is 9.05. The van der Waals surface area contributed by atoms with E-state index in [0.29, 0.717) is 37.9 Å². The van der Waals surface area contributed by atoms with E-state index in [9.17, 15) is 4.79 Å². The highest BCUT2D eigenvalue weighted by atomic mass is 32.1. The summed E-state index contributed by atoms with van der Waals surface area (Å²) in [6.07, 6.45) is 2.86. The van der Waals surface area contributed by atoms with Crippen molar-refractivity contribution in [2.45, 2.75) is 6.42 Å².